The number of rotatable bonds is 4. The molecule has 1 aliphatic heterocycles. The third kappa shape index (κ3) is 3.08. The number of benzene rings is 2. The molecule has 3 rings (SSSR count). The molecule has 1 fully saturated rings. The summed E-state index contributed by atoms with van der Waals surface area (Å²) in [6.07, 6.45) is 2.02. The largest absolute Gasteiger partial charge is 0.493 e. The molecule has 1 unspecified atom stereocenters. The molecule has 1 atom stereocenters. The van der Waals surface area contributed by atoms with E-state index >= 15 is 0 Å². The summed E-state index contributed by atoms with van der Waals surface area (Å²) in [5, 5.41) is 1.58. The normalized spacial score (nSPS) is 19.8. The van der Waals surface area contributed by atoms with E-state index in [-0.39, 0.29) is 0 Å². The van der Waals surface area contributed by atoms with E-state index in [2.05, 4.69) is 6.92 Å². The minimum atomic E-state index is -3.48. The molecule has 4 nitrogen and oxygen atoms in total. The van der Waals surface area contributed by atoms with Crippen molar-refractivity contribution in [3.05, 3.63) is 36.4 Å². The van der Waals surface area contributed by atoms with Gasteiger partial charge >= 0.3 is 0 Å². The van der Waals surface area contributed by atoms with Crippen LogP contribution in [0.1, 0.15) is 26.7 Å². The second kappa shape index (κ2) is 6.49. The number of fused-ring (bicyclic) bond motifs is 1. The molecule has 0 aliphatic carbocycles. The number of hydrogen-bond acceptors (Lipinski definition) is 3. The Morgan fingerprint density at radius 1 is 1.17 bits per heavy atom. The van der Waals surface area contributed by atoms with Crippen molar-refractivity contribution in [2.45, 2.75) is 31.6 Å². The van der Waals surface area contributed by atoms with Crippen LogP contribution in [0.2, 0.25) is 0 Å². The first-order chi connectivity index (χ1) is 11.0. The van der Waals surface area contributed by atoms with Crippen molar-refractivity contribution >= 4 is 20.8 Å². The molecular weight excluding hydrogens is 310 g/mol. The molecule has 0 spiro atoms. The fourth-order valence-corrected chi connectivity index (χ4v) is 5.05. The van der Waals surface area contributed by atoms with Crippen LogP contribution in [0.25, 0.3) is 10.8 Å². The summed E-state index contributed by atoms with van der Waals surface area (Å²) in [7, 11) is -3.48. The SMILES string of the molecule is CCOc1ccc(S(=O)(=O)N2CCCC(C)C2)c2ccccc12. The first-order valence-electron chi connectivity index (χ1n) is 8.18. The van der Waals surface area contributed by atoms with Crippen molar-refractivity contribution in [2.24, 2.45) is 5.92 Å². The highest BCUT2D eigenvalue weighted by Gasteiger charge is 2.30. The van der Waals surface area contributed by atoms with Gasteiger partial charge in [-0.1, -0.05) is 31.2 Å². The molecule has 0 amide bonds. The van der Waals surface area contributed by atoms with E-state index < -0.39 is 10.0 Å². The van der Waals surface area contributed by atoms with Gasteiger partial charge in [0.2, 0.25) is 10.0 Å². The van der Waals surface area contributed by atoms with Gasteiger partial charge in [-0.2, -0.15) is 4.31 Å². The lowest BCUT2D eigenvalue weighted by molar-refractivity contribution is 0.281. The minimum absolute atomic E-state index is 0.380. The number of nitrogens with zero attached hydrogens (tertiary/aromatic N) is 1. The summed E-state index contributed by atoms with van der Waals surface area (Å²) in [6.45, 7) is 5.80. The Labute approximate surface area is 138 Å². The highest BCUT2D eigenvalue weighted by atomic mass is 32.2. The zero-order chi connectivity index (χ0) is 16.4. The van der Waals surface area contributed by atoms with Crippen LogP contribution in [0.4, 0.5) is 0 Å². The van der Waals surface area contributed by atoms with Gasteiger partial charge in [-0.15, -0.1) is 0 Å². The van der Waals surface area contributed by atoms with Crippen LogP contribution in [0.15, 0.2) is 41.3 Å². The molecule has 2 aromatic rings. The Morgan fingerprint density at radius 3 is 2.61 bits per heavy atom. The second-order valence-corrected chi connectivity index (χ2v) is 8.06. The van der Waals surface area contributed by atoms with Crippen molar-refractivity contribution in [3.63, 3.8) is 0 Å². The lowest BCUT2D eigenvalue weighted by Crippen LogP contribution is -2.39. The standard InChI is InChI=1S/C18H23NO3S/c1-3-22-17-10-11-18(16-9-5-4-8-15(16)17)23(20,21)19-12-6-7-14(2)13-19/h4-5,8-11,14H,3,6-7,12-13H2,1-2H3. The van der Waals surface area contributed by atoms with E-state index in [0.717, 1.165) is 29.4 Å². The van der Waals surface area contributed by atoms with E-state index in [1.54, 1.807) is 16.4 Å². The zero-order valence-electron chi connectivity index (χ0n) is 13.7. The van der Waals surface area contributed by atoms with Gasteiger partial charge in [0.05, 0.1) is 11.5 Å². The van der Waals surface area contributed by atoms with Gasteiger partial charge in [0.25, 0.3) is 0 Å². The van der Waals surface area contributed by atoms with Gasteiger partial charge in [-0.05, 0) is 37.8 Å². The highest BCUT2D eigenvalue weighted by molar-refractivity contribution is 7.89. The molecule has 0 N–H and O–H groups in total. The van der Waals surface area contributed by atoms with E-state index in [9.17, 15) is 8.42 Å². The molecule has 0 bridgehead atoms. The van der Waals surface area contributed by atoms with Crippen molar-refractivity contribution in [1.29, 1.82) is 0 Å². The van der Waals surface area contributed by atoms with Gasteiger partial charge in [0.15, 0.2) is 0 Å². The lowest BCUT2D eigenvalue weighted by Gasteiger charge is -2.30. The summed E-state index contributed by atoms with van der Waals surface area (Å²) in [4.78, 5) is 0.380. The summed E-state index contributed by atoms with van der Waals surface area (Å²) in [6, 6.07) is 11.0. The molecular formula is C18H23NO3S. The average molecular weight is 333 g/mol. The number of ether oxygens (including phenoxy) is 1. The maximum atomic E-state index is 13.1. The highest BCUT2D eigenvalue weighted by Crippen LogP contribution is 2.33. The topological polar surface area (TPSA) is 46.6 Å². The van der Waals surface area contributed by atoms with Crippen LogP contribution in [0.3, 0.4) is 0 Å². The molecule has 2 aromatic carbocycles. The fourth-order valence-electron chi connectivity index (χ4n) is 3.25. The Balaban J connectivity index is 2.11. The zero-order valence-corrected chi connectivity index (χ0v) is 14.5. The number of piperidine rings is 1. The molecule has 5 heteroatoms. The second-order valence-electron chi connectivity index (χ2n) is 6.15. The van der Waals surface area contributed by atoms with E-state index in [1.165, 1.54) is 0 Å². The van der Waals surface area contributed by atoms with Gasteiger partial charge in [-0.3, -0.25) is 0 Å². The van der Waals surface area contributed by atoms with Crippen LogP contribution >= 0.6 is 0 Å². The molecule has 0 radical (unpaired) electrons. The third-order valence-electron chi connectivity index (χ3n) is 4.38. The van der Waals surface area contributed by atoms with E-state index in [1.807, 2.05) is 31.2 Å². The predicted molar refractivity (Wildman–Crippen MR) is 92.3 cm³/mol. The van der Waals surface area contributed by atoms with Crippen molar-refractivity contribution < 1.29 is 13.2 Å². The average Bonchev–Trinajstić information content (AvgIpc) is 2.55. The van der Waals surface area contributed by atoms with Gasteiger partial charge in [0.1, 0.15) is 5.75 Å². The first kappa shape index (κ1) is 16.3. The Kier molecular flexibility index (Phi) is 4.60. The molecule has 0 saturated carbocycles. The smallest absolute Gasteiger partial charge is 0.243 e. The minimum Gasteiger partial charge on any atom is -0.493 e. The van der Waals surface area contributed by atoms with E-state index in [0.29, 0.717) is 30.5 Å². The van der Waals surface area contributed by atoms with Crippen LogP contribution in [-0.2, 0) is 10.0 Å². The Hall–Kier alpha value is -1.59. The van der Waals surface area contributed by atoms with E-state index in [4.69, 9.17) is 4.74 Å². The number of sulfonamides is 1. The molecule has 1 heterocycles. The monoisotopic (exact) mass is 333 g/mol. The first-order valence-corrected chi connectivity index (χ1v) is 9.62. The molecule has 1 aliphatic rings. The summed E-state index contributed by atoms with van der Waals surface area (Å²) < 4.78 is 33.5. The van der Waals surface area contributed by atoms with Crippen LogP contribution in [0, 0.1) is 5.92 Å². The maximum absolute atomic E-state index is 13.1. The van der Waals surface area contributed by atoms with Gasteiger partial charge in [-0.25, -0.2) is 8.42 Å². The maximum Gasteiger partial charge on any atom is 0.243 e. The predicted octanol–water partition coefficient (Wildman–Crippen LogP) is 3.66. The van der Waals surface area contributed by atoms with Crippen molar-refractivity contribution in [1.82, 2.24) is 4.31 Å². The molecule has 0 aromatic heterocycles. The lowest BCUT2D eigenvalue weighted by atomic mass is 10.0. The summed E-state index contributed by atoms with van der Waals surface area (Å²) >= 11 is 0. The van der Waals surface area contributed by atoms with Gasteiger partial charge in [0, 0.05) is 23.9 Å². The van der Waals surface area contributed by atoms with Crippen LogP contribution in [-0.4, -0.2) is 32.4 Å². The number of hydrogen-bond donors (Lipinski definition) is 0. The third-order valence-corrected chi connectivity index (χ3v) is 6.30. The molecule has 124 valence electrons. The summed E-state index contributed by atoms with van der Waals surface area (Å²) in [5.74, 6) is 1.14. The van der Waals surface area contributed by atoms with Gasteiger partial charge < -0.3 is 4.74 Å². The summed E-state index contributed by atoms with van der Waals surface area (Å²) in [5.41, 5.74) is 0. The van der Waals surface area contributed by atoms with Crippen molar-refractivity contribution in [2.75, 3.05) is 19.7 Å². The fraction of sp³-hybridized carbons (Fsp3) is 0.444. The molecule has 23 heavy (non-hydrogen) atoms. The van der Waals surface area contributed by atoms with Crippen molar-refractivity contribution in [3.8, 4) is 5.75 Å². The Morgan fingerprint density at radius 2 is 1.91 bits per heavy atom. The van der Waals surface area contributed by atoms with Crippen LogP contribution in [0.5, 0.6) is 5.75 Å². The Bertz CT molecular complexity index is 801. The quantitative estimate of drug-likeness (QED) is 0.858. The molecule has 1 saturated heterocycles. The van der Waals surface area contributed by atoms with Crippen LogP contribution < -0.4 is 4.74 Å².